The predicted molar refractivity (Wildman–Crippen MR) is 93.3 cm³/mol. The molecular formula is C18H22N2O3S. The third-order valence-electron chi connectivity index (χ3n) is 4.20. The molecule has 0 spiro atoms. The minimum Gasteiger partial charge on any atom is -0.375 e. The fourth-order valence-electron chi connectivity index (χ4n) is 2.80. The number of thioether (sulfide) groups is 1. The normalized spacial score (nSPS) is 18.0. The number of rotatable bonds is 4. The maximum absolute atomic E-state index is 12.9. The average molecular weight is 346 g/mol. The van der Waals surface area contributed by atoms with Gasteiger partial charge >= 0.3 is 0 Å². The van der Waals surface area contributed by atoms with Gasteiger partial charge in [-0.15, -0.1) is 11.8 Å². The van der Waals surface area contributed by atoms with Crippen LogP contribution in [0.25, 0.3) is 0 Å². The van der Waals surface area contributed by atoms with Crippen molar-refractivity contribution in [3.63, 3.8) is 0 Å². The Morgan fingerprint density at radius 2 is 2.17 bits per heavy atom. The van der Waals surface area contributed by atoms with E-state index >= 15 is 0 Å². The molecule has 0 saturated carbocycles. The summed E-state index contributed by atoms with van der Waals surface area (Å²) in [5, 5.41) is 3.99. The summed E-state index contributed by atoms with van der Waals surface area (Å²) in [6, 6.07) is 7.78. The van der Waals surface area contributed by atoms with Crippen molar-refractivity contribution < 1.29 is 14.1 Å². The highest BCUT2D eigenvalue weighted by atomic mass is 32.2. The Balaban J connectivity index is 1.76. The number of benzene rings is 1. The van der Waals surface area contributed by atoms with Gasteiger partial charge in [0.15, 0.2) is 0 Å². The van der Waals surface area contributed by atoms with Gasteiger partial charge in [0.1, 0.15) is 5.76 Å². The standard InChI is InChI=1S/C18H22N2O3S/c1-12-10-20(8-9-22-12)18(21)15-6-4-5-7-17(15)24-11-16-13(2)19-23-14(16)3/h4-7,12H,8-11H2,1-3H3. The van der Waals surface area contributed by atoms with Gasteiger partial charge in [0.05, 0.1) is 24.0 Å². The summed E-state index contributed by atoms with van der Waals surface area (Å²) in [6.07, 6.45) is 0.0878. The van der Waals surface area contributed by atoms with Crippen molar-refractivity contribution in [3.8, 4) is 0 Å². The second-order valence-corrected chi connectivity index (χ2v) is 7.04. The van der Waals surface area contributed by atoms with Crippen LogP contribution in [0.5, 0.6) is 0 Å². The van der Waals surface area contributed by atoms with E-state index in [1.165, 1.54) is 0 Å². The molecular weight excluding hydrogens is 324 g/mol. The lowest BCUT2D eigenvalue weighted by Gasteiger charge is -2.31. The minimum atomic E-state index is 0.0759. The van der Waals surface area contributed by atoms with Crippen molar-refractivity contribution in [2.24, 2.45) is 0 Å². The first kappa shape index (κ1) is 17.0. The van der Waals surface area contributed by atoms with Gasteiger partial charge in [0, 0.05) is 29.3 Å². The van der Waals surface area contributed by atoms with Crippen LogP contribution < -0.4 is 0 Å². The van der Waals surface area contributed by atoms with Gasteiger partial charge in [0.25, 0.3) is 5.91 Å². The summed E-state index contributed by atoms with van der Waals surface area (Å²) in [5.74, 6) is 1.66. The molecule has 1 atom stereocenters. The molecule has 1 aromatic carbocycles. The first-order valence-corrected chi connectivity index (χ1v) is 9.09. The lowest BCUT2D eigenvalue weighted by atomic mass is 10.1. The van der Waals surface area contributed by atoms with Crippen LogP contribution >= 0.6 is 11.8 Å². The number of carbonyl (C=O) groups is 1. The van der Waals surface area contributed by atoms with E-state index in [-0.39, 0.29) is 12.0 Å². The number of aryl methyl sites for hydroxylation is 2. The van der Waals surface area contributed by atoms with Crippen molar-refractivity contribution >= 4 is 17.7 Å². The fourth-order valence-corrected chi connectivity index (χ4v) is 4.00. The van der Waals surface area contributed by atoms with Crippen LogP contribution in [0, 0.1) is 13.8 Å². The van der Waals surface area contributed by atoms with Crippen LogP contribution in [0.3, 0.4) is 0 Å². The third kappa shape index (κ3) is 3.65. The summed E-state index contributed by atoms with van der Waals surface area (Å²) in [4.78, 5) is 15.8. The van der Waals surface area contributed by atoms with Crippen molar-refractivity contribution in [3.05, 3.63) is 46.8 Å². The van der Waals surface area contributed by atoms with E-state index in [1.54, 1.807) is 11.8 Å². The van der Waals surface area contributed by atoms with Crippen LogP contribution in [0.1, 0.15) is 34.3 Å². The minimum absolute atomic E-state index is 0.0759. The molecule has 2 heterocycles. The second-order valence-electron chi connectivity index (χ2n) is 6.02. The molecule has 3 rings (SSSR count). The van der Waals surface area contributed by atoms with E-state index in [0.29, 0.717) is 19.7 Å². The molecule has 0 N–H and O–H groups in total. The third-order valence-corrected chi connectivity index (χ3v) is 5.30. The number of ether oxygens (including phenoxy) is 1. The maximum atomic E-state index is 12.9. The summed E-state index contributed by atoms with van der Waals surface area (Å²) in [6.45, 7) is 7.74. The molecule has 2 aromatic rings. The molecule has 1 saturated heterocycles. The summed E-state index contributed by atoms with van der Waals surface area (Å²) < 4.78 is 10.7. The maximum Gasteiger partial charge on any atom is 0.255 e. The van der Waals surface area contributed by atoms with Crippen molar-refractivity contribution in [2.45, 2.75) is 37.5 Å². The second kappa shape index (κ2) is 7.40. The Hall–Kier alpha value is -1.79. The largest absolute Gasteiger partial charge is 0.375 e. The van der Waals surface area contributed by atoms with E-state index in [9.17, 15) is 4.79 Å². The molecule has 1 fully saturated rings. The predicted octanol–water partition coefficient (Wildman–Crippen LogP) is 3.44. The smallest absolute Gasteiger partial charge is 0.255 e. The lowest BCUT2D eigenvalue weighted by molar-refractivity contribution is -0.0125. The van der Waals surface area contributed by atoms with Crippen LogP contribution in [0.2, 0.25) is 0 Å². The Bertz CT molecular complexity index is 709. The monoisotopic (exact) mass is 346 g/mol. The number of morpholine rings is 1. The van der Waals surface area contributed by atoms with E-state index in [0.717, 1.165) is 33.2 Å². The highest BCUT2D eigenvalue weighted by molar-refractivity contribution is 7.98. The summed E-state index contributed by atoms with van der Waals surface area (Å²) in [5.41, 5.74) is 2.76. The molecule has 1 unspecified atom stereocenters. The van der Waals surface area contributed by atoms with Crippen molar-refractivity contribution in [1.29, 1.82) is 0 Å². The van der Waals surface area contributed by atoms with Gasteiger partial charge in [-0.3, -0.25) is 4.79 Å². The molecule has 0 bridgehead atoms. The summed E-state index contributed by atoms with van der Waals surface area (Å²) >= 11 is 1.65. The Morgan fingerprint density at radius 1 is 1.38 bits per heavy atom. The first-order chi connectivity index (χ1) is 11.6. The van der Waals surface area contributed by atoms with E-state index < -0.39 is 0 Å². The first-order valence-electron chi connectivity index (χ1n) is 8.10. The van der Waals surface area contributed by atoms with Gasteiger partial charge in [-0.1, -0.05) is 17.3 Å². The summed E-state index contributed by atoms with van der Waals surface area (Å²) in [7, 11) is 0. The molecule has 0 radical (unpaired) electrons. The SMILES string of the molecule is Cc1noc(C)c1CSc1ccccc1C(=O)N1CCOC(C)C1. The van der Waals surface area contributed by atoms with Gasteiger partial charge in [-0.05, 0) is 32.9 Å². The molecule has 1 amide bonds. The van der Waals surface area contributed by atoms with Crippen LogP contribution in [-0.2, 0) is 10.5 Å². The number of aromatic nitrogens is 1. The van der Waals surface area contributed by atoms with Gasteiger partial charge in [0.2, 0.25) is 0 Å². The van der Waals surface area contributed by atoms with E-state index in [1.807, 2.05) is 49.9 Å². The number of hydrogen-bond acceptors (Lipinski definition) is 5. The molecule has 128 valence electrons. The van der Waals surface area contributed by atoms with Gasteiger partial charge in [-0.25, -0.2) is 0 Å². The van der Waals surface area contributed by atoms with Gasteiger partial charge in [-0.2, -0.15) is 0 Å². The molecule has 1 aliphatic heterocycles. The number of amides is 1. The van der Waals surface area contributed by atoms with Gasteiger partial charge < -0.3 is 14.2 Å². The Morgan fingerprint density at radius 3 is 2.88 bits per heavy atom. The average Bonchev–Trinajstić information content (AvgIpc) is 2.91. The highest BCUT2D eigenvalue weighted by Gasteiger charge is 2.24. The number of carbonyl (C=O) groups excluding carboxylic acids is 1. The molecule has 5 nitrogen and oxygen atoms in total. The zero-order chi connectivity index (χ0) is 17.1. The molecule has 0 aliphatic carbocycles. The highest BCUT2D eigenvalue weighted by Crippen LogP contribution is 2.29. The van der Waals surface area contributed by atoms with Crippen LogP contribution in [0.4, 0.5) is 0 Å². The lowest BCUT2D eigenvalue weighted by Crippen LogP contribution is -2.44. The molecule has 1 aromatic heterocycles. The topological polar surface area (TPSA) is 55.6 Å². The van der Waals surface area contributed by atoms with Crippen molar-refractivity contribution in [2.75, 3.05) is 19.7 Å². The van der Waals surface area contributed by atoms with Crippen LogP contribution in [0.15, 0.2) is 33.7 Å². The number of hydrogen-bond donors (Lipinski definition) is 0. The number of nitrogens with zero attached hydrogens (tertiary/aromatic N) is 2. The molecule has 24 heavy (non-hydrogen) atoms. The van der Waals surface area contributed by atoms with E-state index in [4.69, 9.17) is 9.26 Å². The Kier molecular flexibility index (Phi) is 5.26. The van der Waals surface area contributed by atoms with E-state index in [2.05, 4.69) is 5.16 Å². The van der Waals surface area contributed by atoms with Crippen LogP contribution in [-0.4, -0.2) is 41.8 Å². The quantitative estimate of drug-likeness (QED) is 0.794. The van der Waals surface area contributed by atoms with Crippen molar-refractivity contribution in [1.82, 2.24) is 10.1 Å². The zero-order valence-electron chi connectivity index (χ0n) is 14.2. The fraction of sp³-hybridized carbons (Fsp3) is 0.444. The Labute approximate surface area is 146 Å². The zero-order valence-corrected chi connectivity index (χ0v) is 15.1. The molecule has 6 heteroatoms. The molecule has 1 aliphatic rings.